The van der Waals surface area contributed by atoms with Gasteiger partial charge in [0.1, 0.15) is 0 Å². The van der Waals surface area contributed by atoms with Gasteiger partial charge >= 0.3 is 0 Å². The molecule has 0 rings (SSSR count). The Kier molecular flexibility index (Phi) is 37.2. The first-order valence-electron chi connectivity index (χ1n) is 20.7. The quantitative estimate of drug-likeness (QED) is 0.0631. The van der Waals surface area contributed by atoms with Crippen molar-refractivity contribution in [3.05, 3.63) is 0 Å². The highest BCUT2D eigenvalue weighted by atomic mass is 14.1. The number of hydrogen-bond acceptors (Lipinski definition) is 0. The first-order chi connectivity index (χ1) is 20.7. The average Bonchev–Trinajstić information content (AvgIpc) is 3.00. The summed E-state index contributed by atoms with van der Waals surface area (Å²) in [5, 5.41) is 0. The summed E-state index contributed by atoms with van der Waals surface area (Å²) in [6.07, 6.45) is 53.3. The highest BCUT2D eigenvalue weighted by molar-refractivity contribution is 4.61. The highest BCUT2D eigenvalue weighted by Gasteiger charge is 2.09. The largest absolute Gasteiger partial charge is 0.0654 e. The van der Waals surface area contributed by atoms with Crippen LogP contribution < -0.4 is 0 Å². The normalized spacial score (nSPS) is 13.1. The van der Waals surface area contributed by atoms with Gasteiger partial charge in [0.25, 0.3) is 0 Å². The molecule has 0 spiro atoms. The zero-order chi connectivity index (χ0) is 30.6. The highest BCUT2D eigenvalue weighted by Crippen LogP contribution is 2.22. The van der Waals surface area contributed by atoms with Gasteiger partial charge in [-0.15, -0.1) is 0 Å². The molecule has 0 aliphatic carbocycles. The number of unbranched alkanes of at least 4 members (excludes halogenated alkanes) is 33. The Bertz CT molecular complexity index is 453. The summed E-state index contributed by atoms with van der Waals surface area (Å²) in [7, 11) is 0. The van der Waals surface area contributed by atoms with Gasteiger partial charge in [-0.3, -0.25) is 0 Å². The van der Waals surface area contributed by atoms with Crippen LogP contribution in [0.2, 0.25) is 0 Å². The lowest BCUT2D eigenvalue weighted by Crippen LogP contribution is -2.06. The van der Waals surface area contributed by atoms with Crippen LogP contribution >= 0.6 is 0 Å². The lowest BCUT2D eigenvalue weighted by atomic mass is 9.89. The lowest BCUT2D eigenvalue weighted by Gasteiger charge is -2.17. The third kappa shape index (κ3) is 34.5. The average molecular weight is 591 g/mol. The van der Waals surface area contributed by atoms with Gasteiger partial charge < -0.3 is 0 Å². The van der Waals surface area contributed by atoms with E-state index >= 15 is 0 Å². The fourth-order valence-electron chi connectivity index (χ4n) is 6.88. The molecule has 2 unspecified atom stereocenters. The summed E-state index contributed by atoms with van der Waals surface area (Å²) < 4.78 is 0. The topological polar surface area (TPSA) is 0 Å². The summed E-state index contributed by atoms with van der Waals surface area (Å²) in [5.41, 5.74) is 0. The lowest BCUT2D eigenvalue weighted by molar-refractivity contribution is 0.342. The predicted octanol–water partition coefficient (Wildman–Crippen LogP) is 16.3. The van der Waals surface area contributed by atoms with Crippen molar-refractivity contribution in [3.8, 4) is 0 Å². The Morgan fingerprint density at radius 3 is 0.619 bits per heavy atom. The van der Waals surface area contributed by atoms with E-state index in [9.17, 15) is 0 Å². The zero-order valence-electron chi connectivity index (χ0n) is 30.6. The second kappa shape index (κ2) is 37.2. The molecule has 0 radical (unpaired) electrons. The molecule has 2 atom stereocenters. The van der Waals surface area contributed by atoms with Crippen molar-refractivity contribution >= 4 is 0 Å². The fourth-order valence-corrected chi connectivity index (χ4v) is 6.88. The van der Waals surface area contributed by atoms with Gasteiger partial charge in [0.05, 0.1) is 0 Å². The summed E-state index contributed by atoms with van der Waals surface area (Å²) in [6, 6.07) is 0. The Hall–Kier alpha value is 0. The molecule has 0 N–H and O–H groups in total. The molecule has 0 saturated carbocycles. The maximum atomic E-state index is 2.46. The molecule has 0 heterocycles. The molecule has 0 amide bonds. The fraction of sp³-hybridized carbons (Fsp3) is 1.00. The van der Waals surface area contributed by atoms with Crippen LogP contribution in [0.1, 0.15) is 259 Å². The van der Waals surface area contributed by atoms with Crippen molar-refractivity contribution < 1.29 is 0 Å². The number of rotatable bonds is 37. The van der Waals surface area contributed by atoms with E-state index in [1.165, 1.54) is 231 Å². The van der Waals surface area contributed by atoms with Crippen LogP contribution in [-0.2, 0) is 0 Å². The minimum absolute atomic E-state index is 0.915. The van der Waals surface area contributed by atoms with Gasteiger partial charge in [0.2, 0.25) is 0 Å². The third-order valence-electron chi connectivity index (χ3n) is 10.6. The van der Waals surface area contributed by atoms with Crippen molar-refractivity contribution in [2.45, 2.75) is 259 Å². The molecule has 0 heteroatoms. The summed E-state index contributed by atoms with van der Waals surface area (Å²) in [6.45, 7) is 9.53. The molecule has 0 aliphatic heterocycles. The Morgan fingerprint density at radius 2 is 0.429 bits per heavy atom. The Morgan fingerprint density at radius 1 is 0.238 bits per heavy atom. The van der Waals surface area contributed by atoms with E-state index in [1.54, 1.807) is 0 Å². The molecule has 0 fully saturated rings. The molecule has 42 heavy (non-hydrogen) atoms. The molecule has 0 aromatic carbocycles. The van der Waals surface area contributed by atoms with E-state index in [4.69, 9.17) is 0 Å². The van der Waals surface area contributed by atoms with E-state index in [2.05, 4.69) is 27.7 Å². The SMILES string of the molecule is CCCCCCCCCCCCCCCCCCCCCCCCCCCCCCCCCCCCC(C)C(C)CC. The maximum Gasteiger partial charge on any atom is -0.0417 e. The minimum Gasteiger partial charge on any atom is -0.0654 e. The van der Waals surface area contributed by atoms with Crippen molar-refractivity contribution in [1.82, 2.24) is 0 Å². The monoisotopic (exact) mass is 591 g/mol. The van der Waals surface area contributed by atoms with Crippen LogP contribution in [0.4, 0.5) is 0 Å². The van der Waals surface area contributed by atoms with E-state index in [0.29, 0.717) is 0 Å². The molecule has 0 aliphatic rings. The summed E-state index contributed by atoms with van der Waals surface area (Å²) >= 11 is 0. The van der Waals surface area contributed by atoms with Gasteiger partial charge in [-0.25, -0.2) is 0 Å². The summed E-state index contributed by atoms with van der Waals surface area (Å²) in [5.74, 6) is 1.84. The molecular weight excluding hydrogens is 504 g/mol. The van der Waals surface area contributed by atoms with E-state index < -0.39 is 0 Å². The molecule has 0 aromatic heterocycles. The Labute approximate surface area is 270 Å². The molecule has 254 valence electrons. The van der Waals surface area contributed by atoms with E-state index in [1.807, 2.05) is 0 Å². The van der Waals surface area contributed by atoms with Crippen molar-refractivity contribution in [2.24, 2.45) is 11.8 Å². The first-order valence-corrected chi connectivity index (χ1v) is 20.7. The molecule has 0 aromatic rings. The smallest absolute Gasteiger partial charge is 0.0417 e. The zero-order valence-corrected chi connectivity index (χ0v) is 30.6. The van der Waals surface area contributed by atoms with Gasteiger partial charge in [-0.05, 0) is 11.8 Å². The third-order valence-corrected chi connectivity index (χ3v) is 10.6. The van der Waals surface area contributed by atoms with Crippen molar-refractivity contribution in [3.63, 3.8) is 0 Å². The van der Waals surface area contributed by atoms with Crippen LogP contribution in [0, 0.1) is 11.8 Å². The Balaban J connectivity index is 3.07. The first kappa shape index (κ1) is 42.0. The van der Waals surface area contributed by atoms with Gasteiger partial charge in [-0.2, -0.15) is 0 Å². The molecule has 0 bridgehead atoms. The van der Waals surface area contributed by atoms with Crippen LogP contribution in [0.3, 0.4) is 0 Å². The second-order valence-electron chi connectivity index (χ2n) is 14.8. The number of hydrogen-bond donors (Lipinski definition) is 0. The van der Waals surface area contributed by atoms with Crippen LogP contribution in [0.25, 0.3) is 0 Å². The van der Waals surface area contributed by atoms with Crippen LogP contribution in [0.5, 0.6) is 0 Å². The second-order valence-corrected chi connectivity index (χ2v) is 14.8. The maximum absolute atomic E-state index is 2.46. The van der Waals surface area contributed by atoms with Crippen LogP contribution in [-0.4, -0.2) is 0 Å². The molecule has 0 nitrogen and oxygen atoms in total. The van der Waals surface area contributed by atoms with Crippen LogP contribution in [0.15, 0.2) is 0 Å². The minimum atomic E-state index is 0.915. The standard InChI is InChI=1S/C42H86/c1-5-7-8-9-10-11-12-13-14-15-16-17-18-19-20-21-22-23-24-25-26-27-28-29-30-31-32-33-34-35-36-37-38-39-40-42(4)41(3)6-2/h41-42H,5-40H2,1-4H3. The van der Waals surface area contributed by atoms with Gasteiger partial charge in [-0.1, -0.05) is 259 Å². The van der Waals surface area contributed by atoms with Gasteiger partial charge in [0, 0.05) is 0 Å². The summed E-state index contributed by atoms with van der Waals surface area (Å²) in [4.78, 5) is 0. The molecule has 0 saturated heterocycles. The van der Waals surface area contributed by atoms with E-state index in [-0.39, 0.29) is 0 Å². The van der Waals surface area contributed by atoms with E-state index in [0.717, 1.165) is 11.8 Å². The van der Waals surface area contributed by atoms with Gasteiger partial charge in [0.15, 0.2) is 0 Å². The molecular formula is C42H86. The van der Waals surface area contributed by atoms with Crippen molar-refractivity contribution in [1.29, 1.82) is 0 Å². The predicted molar refractivity (Wildman–Crippen MR) is 196 cm³/mol. The van der Waals surface area contributed by atoms with Crippen molar-refractivity contribution in [2.75, 3.05) is 0 Å².